The van der Waals surface area contributed by atoms with Gasteiger partial charge in [0.15, 0.2) is 0 Å². The maximum absolute atomic E-state index is 11.6. The number of rotatable bonds is 1. The lowest BCUT2D eigenvalue weighted by Gasteiger charge is -2.02. The van der Waals surface area contributed by atoms with Gasteiger partial charge in [-0.25, -0.2) is 4.98 Å². The van der Waals surface area contributed by atoms with E-state index in [1.165, 1.54) is 6.42 Å². The molecule has 0 aliphatic heterocycles. The number of hydrogen-bond donors (Lipinski definition) is 0. The third-order valence-electron chi connectivity index (χ3n) is 2.22. The van der Waals surface area contributed by atoms with E-state index in [0.717, 1.165) is 23.3 Å². The van der Waals surface area contributed by atoms with Gasteiger partial charge in [0.2, 0.25) is 0 Å². The van der Waals surface area contributed by atoms with Crippen LogP contribution in [0.5, 0.6) is 0 Å². The molecule has 0 aliphatic rings. The van der Waals surface area contributed by atoms with Crippen LogP contribution in [0, 0.1) is 6.92 Å². The van der Waals surface area contributed by atoms with Crippen molar-refractivity contribution >= 4 is 5.65 Å². The summed E-state index contributed by atoms with van der Waals surface area (Å²) in [4.78, 5) is 16.0. The maximum atomic E-state index is 11.6. The summed E-state index contributed by atoms with van der Waals surface area (Å²) < 4.78 is 1.58. The molecule has 0 atom stereocenters. The van der Waals surface area contributed by atoms with Crippen molar-refractivity contribution in [2.75, 3.05) is 0 Å². The fourth-order valence-electron chi connectivity index (χ4n) is 1.44. The quantitative estimate of drug-likeness (QED) is 0.757. The molecule has 0 saturated heterocycles. The lowest BCUT2D eigenvalue weighted by molar-refractivity contribution is 0.960. The van der Waals surface area contributed by atoms with E-state index in [9.17, 15) is 4.79 Å². The molecule has 2 aromatic heterocycles. The van der Waals surface area contributed by atoms with Crippen molar-refractivity contribution in [3.05, 3.63) is 46.0 Å². The molecule has 0 aromatic carbocycles. The number of nitrogens with zero attached hydrogens (tertiary/aromatic N) is 2. The first-order valence-electron chi connectivity index (χ1n) is 6.11. The standard InChI is InChI=1S/C11H12N2O.C3H8/c1-3-9-6-11(14)13-7-8(2)4-5-10(13)12-9;1-3-2/h4-7H,3H2,1-2H3;3H2,1-2H3. The second-order valence-corrected chi connectivity index (χ2v) is 4.08. The zero-order chi connectivity index (χ0) is 12.8. The first kappa shape index (κ1) is 13.4. The van der Waals surface area contributed by atoms with Crippen LogP contribution in [0.15, 0.2) is 29.2 Å². The average molecular weight is 232 g/mol. The van der Waals surface area contributed by atoms with Crippen LogP contribution in [0.25, 0.3) is 5.65 Å². The highest BCUT2D eigenvalue weighted by molar-refractivity contribution is 5.39. The second-order valence-electron chi connectivity index (χ2n) is 4.08. The normalized spacial score (nSPS) is 9.88. The predicted octanol–water partition coefficient (Wildman–Crippen LogP) is 2.98. The minimum atomic E-state index is -0.00412. The molecule has 0 amide bonds. The van der Waals surface area contributed by atoms with E-state index in [2.05, 4.69) is 18.8 Å². The Kier molecular flexibility index (Phi) is 4.88. The molecule has 0 spiro atoms. The molecular weight excluding hydrogens is 212 g/mol. The third kappa shape index (κ3) is 3.41. The molecule has 17 heavy (non-hydrogen) atoms. The van der Waals surface area contributed by atoms with Crippen molar-refractivity contribution in [3.8, 4) is 0 Å². The first-order chi connectivity index (χ1) is 8.12. The van der Waals surface area contributed by atoms with Gasteiger partial charge in [0.05, 0.1) is 0 Å². The largest absolute Gasteiger partial charge is 0.269 e. The topological polar surface area (TPSA) is 34.4 Å². The van der Waals surface area contributed by atoms with E-state index in [0.29, 0.717) is 0 Å². The Bertz CT molecular complexity index is 543. The molecule has 0 N–H and O–H groups in total. The van der Waals surface area contributed by atoms with E-state index < -0.39 is 0 Å². The van der Waals surface area contributed by atoms with Crippen LogP contribution < -0.4 is 5.56 Å². The lowest BCUT2D eigenvalue weighted by atomic mass is 10.3. The summed E-state index contributed by atoms with van der Waals surface area (Å²) in [6, 6.07) is 5.42. The van der Waals surface area contributed by atoms with Gasteiger partial charge in [-0.3, -0.25) is 9.20 Å². The highest BCUT2D eigenvalue weighted by atomic mass is 16.1. The third-order valence-corrected chi connectivity index (χ3v) is 2.22. The molecule has 3 heteroatoms. The van der Waals surface area contributed by atoms with Gasteiger partial charge in [-0.2, -0.15) is 0 Å². The molecular formula is C14H20N2O. The summed E-state index contributed by atoms with van der Waals surface area (Å²) in [5.41, 5.74) is 2.63. The molecule has 0 fully saturated rings. The minimum Gasteiger partial charge on any atom is -0.269 e. The summed E-state index contributed by atoms with van der Waals surface area (Å²) in [5, 5.41) is 0. The summed E-state index contributed by atoms with van der Waals surface area (Å²) in [6.45, 7) is 8.20. The summed E-state index contributed by atoms with van der Waals surface area (Å²) >= 11 is 0. The number of aromatic nitrogens is 2. The number of aryl methyl sites for hydroxylation is 2. The van der Waals surface area contributed by atoms with E-state index in [1.54, 1.807) is 10.5 Å². The predicted molar refractivity (Wildman–Crippen MR) is 71.5 cm³/mol. The minimum absolute atomic E-state index is 0.00412. The highest BCUT2D eigenvalue weighted by Crippen LogP contribution is 2.02. The summed E-state index contributed by atoms with van der Waals surface area (Å²) in [7, 11) is 0. The molecule has 0 bridgehead atoms. The van der Waals surface area contributed by atoms with Crippen molar-refractivity contribution in [1.29, 1.82) is 0 Å². The Hall–Kier alpha value is -1.64. The van der Waals surface area contributed by atoms with Crippen molar-refractivity contribution in [3.63, 3.8) is 0 Å². The Morgan fingerprint density at radius 3 is 2.47 bits per heavy atom. The van der Waals surface area contributed by atoms with Gasteiger partial charge in [0.25, 0.3) is 5.56 Å². The van der Waals surface area contributed by atoms with Crippen LogP contribution in [-0.4, -0.2) is 9.38 Å². The van der Waals surface area contributed by atoms with Gasteiger partial charge in [0.1, 0.15) is 5.65 Å². The molecule has 0 saturated carbocycles. The van der Waals surface area contributed by atoms with Crippen molar-refractivity contribution in [1.82, 2.24) is 9.38 Å². The molecule has 0 aliphatic carbocycles. The Balaban J connectivity index is 0.000000437. The Morgan fingerprint density at radius 1 is 1.24 bits per heavy atom. The Morgan fingerprint density at radius 2 is 1.88 bits per heavy atom. The maximum Gasteiger partial charge on any atom is 0.258 e. The monoisotopic (exact) mass is 232 g/mol. The van der Waals surface area contributed by atoms with Crippen LogP contribution in [-0.2, 0) is 6.42 Å². The molecule has 0 unspecified atom stereocenters. The van der Waals surface area contributed by atoms with E-state index >= 15 is 0 Å². The second kappa shape index (κ2) is 6.18. The van der Waals surface area contributed by atoms with Crippen LogP contribution in [0.3, 0.4) is 0 Å². The van der Waals surface area contributed by atoms with Gasteiger partial charge in [-0.15, -0.1) is 0 Å². The van der Waals surface area contributed by atoms with Gasteiger partial charge in [0, 0.05) is 18.0 Å². The van der Waals surface area contributed by atoms with E-state index in [1.807, 2.05) is 32.2 Å². The molecule has 2 aromatic rings. The number of fused-ring (bicyclic) bond motifs is 1. The molecule has 3 nitrogen and oxygen atoms in total. The average Bonchev–Trinajstić information content (AvgIpc) is 2.31. The fourth-order valence-corrected chi connectivity index (χ4v) is 1.44. The highest BCUT2D eigenvalue weighted by Gasteiger charge is 1.99. The van der Waals surface area contributed by atoms with E-state index in [-0.39, 0.29) is 5.56 Å². The first-order valence-corrected chi connectivity index (χ1v) is 6.11. The van der Waals surface area contributed by atoms with Crippen LogP contribution in [0.4, 0.5) is 0 Å². The molecule has 2 heterocycles. The van der Waals surface area contributed by atoms with Gasteiger partial charge in [-0.05, 0) is 25.0 Å². The molecule has 0 radical (unpaired) electrons. The summed E-state index contributed by atoms with van der Waals surface area (Å²) in [5.74, 6) is 0. The fraction of sp³-hybridized carbons (Fsp3) is 0.429. The van der Waals surface area contributed by atoms with E-state index in [4.69, 9.17) is 0 Å². The number of hydrogen-bond acceptors (Lipinski definition) is 2. The SMILES string of the molecule is CCC.CCc1cc(=O)n2cc(C)ccc2n1. The van der Waals surface area contributed by atoms with Gasteiger partial charge in [-0.1, -0.05) is 33.3 Å². The van der Waals surface area contributed by atoms with Crippen LogP contribution in [0.1, 0.15) is 38.4 Å². The zero-order valence-electron chi connectivity index (χ0n) is 11.0. The van der Waals surface area contributed by atoms with Crippen molar-refractivity contribution in [2.45, 2.75) is 40.5 Å². The van der Waals surface area contributed by atoms with Crippen molar-refractivity contribution < 1.29 is 0 Å². The lowest BCUT2D eigenvalue weighted by Crippen LogP contribution is -2.15. The van der Waals surface area contributed by atoms with Gasteiger partial charge >= 0.3 is 0 Å². The summed E-state index contributed by atoms with van der Waals surface area (Å²) in [6.07, 6.45) is 3.85. The van der Waals surface area contributed by atoms with Crippen LogP contribution in [0.2, 0.25) is 0 Å². The van der Waals surface area contributed by atoms with Crippen LogP contribution >= 0.6 is 0 Å². The van der Waals surface area contributed by atoms with Gasteiger partial charge < -0.3 is 0 Å². The number of pyridine rings is 1. The zero-order valence-corrected chi connectivity index (χ0v) is 11.0. The molecule has 92 valence electrons. The smallest absolute Gasteiger partial charge is 0.258 e. The Labute approximate surface area is 102 Å². The van der Waals surface area contributed by atoms with Crippen molar-refractivity contribution in [2.24, 2.45) is 0 Å². The molecule has 2 rings (SSSR count).